The first-order chi connectivity index (χ1) is 10.6. The fraction of sp³-hybridized carbons (Fsp3) is 0.429. The molecule has 0 unspecified atom stereocenters. The first-order valence-electron chi connectivity index (χ1n) is 6.96. The number of anilines is 1. The highest BCUT2D eigenvalue weighted by Crippen LogP contribution is 2.30. The van der Waals surface area contributed by atoms with E-state index in [0.29, 0.717) is 25.7 Å². The van der Waals surface area contributed by atoms with Gasteiger partial charge in [0.1, 0.15) is 11.4 Å². The largest absolute Gasteiger partial charge is 0.480 e. The number of hydrogen-bond donors (Lipinski definition) is 3. The second kappa shape index (κ2) is 6.15. The Labute approximate surface area is 132 Å². The molecular weight excluding hydrogens is 327 g/mol. The molecule has 0 bridgehead atoms. The summed E-state index contributed by atoms with van der Waals surface area (Å²) < 4.78 is 38.0. The van der Waals surface area contributed by atoms with E-state index in [9.17, 15) is 27.5 Å². The van der Waals surface area contributed by atoms with Crippen molar-refractivity contribution < 1.29 is 27.5 Å². The molecule has 1 aromatic rings. The van der Waals surface area contributed by atoms with E-state index in [4.69, 9.17) is 0 Å². The molecule has 126 valence electrons. The Balaban J connectivity index is 2.26. The van der Waals surface area contributed by atoms with Gasteiger partial charge in [0, 0.05) is 5.56 Å². The van der Waals surface area contributed by atoms with Gasteiger partial charge in [-0.25, -0.2) is 17.6 Å². The average Bonchev–Trinajstić information content (AvgIpc) is 2.89. The highest BCUT2D eigenvalue weighted by molar-refractivity contribution is 7.92. The molecule has 1 amide bonds. The smallest absolute Gasteiger partial charge is 0.329 e. The fourth-order valence-electron chi connectivity index (χ4n) is 2.60. The van der Waals surface area contributed by atoms with E-state index in [0.717, 1.165) is 18.4 Å². The van der Waals surface area contributed by atoms with Crippen molar-refractivity contribution in [1.29, 1.82) is 0 Å². The van der Waals surface area contributed by atoms with Crippen molar-refractivity contribution in [3.05, 3.63) is 29.6 Å². The summed E-state index contributed by atoms with van der Waals surface area (Å²) in [7, 11) is -3.71. The molecule has 1 aliphatic carbocycles. The molecule has 0 aromatic heterocycles. The Bertz CT molecular complexity index is 742. The summed E-state index contributed by atoms with van der Waals surface area (Å²) >= 11 is 0. The molecule has 0 saturated heterocycles. The van der Waals surface area contributed by atoms with Crippen molar-refractivity contribution in [3.63, 3.8) is 0 Å². The quantitative estimate of drug-likeness (QED) is 0.746. The third kappa shape index (κ3) is 3.98. The van der Waals surface area contributed by atoms with Gasteiger partial charge in [0.05, 0.1) is 11.9 Å². The van der Waals surface area contributed by atoms with Crippen LogP contribution in [0.4, 0.5) is 10.1 Å². The predicted molar refractivity (Wildman–Crippen MR) is 81.2 cm³/mol. The van der Waals surface area contributed by atoms with Gasteiger partial charge in [-0.2, -0.15) is 0 Å². The molecule has 1 aliphatic rings. The number of carbonyl (C=O) groups excluding carboxylic acids is 1. The first-order valence-corrected chi connectivity index (χ1v) is 8.85. The summed E-state index contributed by atoms with van der Waals surface area (Å²) in [6.45, 7) is 0. The monoisotopic (exact) mass is 344 g/mol. The van der Waals surface area contributed by atoms with E-state index < -0.39 is 33.3 Å². The zero-order chi connectivity index (χ0) is 17.3. The summed E-state index contributed by atoms with van der Waals surface area (Å²) in [6.07, 6.45) is 2.89. The van der Waals surface area contributed by atoms with Crippen LogP contribution < -0.4 is 10.0 Å². The maximum Gasteiger partial charge on any atom is 0.329 e. The molecule has 1 aromatic carbocycles. The van der Waals surface area contributed by atoms with Gasteiger partial charge in [-0.3, -0.25) is 9.52 Å². The van der Waals surface area contributed by atoms with Gasteiger partial charge in [-0.1, -0.05) is 12.8 Å². The maximum absolute atomic E-state index is 13.6. The van der Waals surface area contributed by atoms with Crippen LogP contribution in [0.25, 0.3) is 0 Å². The van der Waals surface area contributed by atoms with E-state index >= 15 is 0 Å². The minimum atomic E-state index is -3.71. The molecule has 9 heteroatoms. The van der Waals surface area contributed by atoms with Crippen molar-refractivity contribution >= 4 is 27.6 Å². The molecule has 0 atom stereocenters. The van der Waals surface area contributed by atoms with Crippen LogP contribution >= 0.6 is 0 Å². The number of nitrogens with one attached hydrogen (secondary N) is 2. The minimum absolute atomic E-state index is 0.0231. The summed E-state index contributed by atoms with van der Waals surface area (Å²) in [5.41, 5.74) is -1.71. The lowest BCUT2D eigenvalue weighted by molar-refractivity contribution is -0.144. The maximum atomic E-state index is 13.6. The lowest BCUT2D eigenvalue weighted by Crippen LogP contribution is -2.52. The van der Waals surface area contributed by atoms with Crippen LogP contribution in [0, 0.1) is 5.82 Å². The summed E-state index contributed by atoms with van der Waals surface area (Å²) in [6, 6.07) is 3.16. The fourth-order valence-corrected chi connectivity index (χ4v) is 3.16. The standard InChI is InChI=1S/C14H17FN2O5S/c1-23(21,22)17-11-8-9(4-5-10(11)15)12(18)16-14(13(19)20)6-2-3-7-14/h4-5,8,17H,2-3,6-7H2,1H3,(H,16,18)(H,19,20). The third-order valence-corrected chi connectivity index (χ3v) is 4.33. The third-order valence-electron chi connectivity index (χ3n) is 3.74. The van der Waals surface area contributed by atoms with Gasteiger partial charge >= 0.3 is 5.97 Å². The summed E-state index contributed by atoms with van der Waals surface area (Å²) in [5.74, 6) is -2.63. The molecule has 0 radical (unpaired) electrons. The van der Waals surface area contributed by atoms with E-state index in [1.165, 1.54) is 6.07 Å². The predicted octanol–water partition coefficient (Wildman–Crippen LogP) is 1.32. The normalized spacial score (nSPS) is 16.8. The molecule has 7 nitrogen and oxygen atoms in total. The number of carboxylic acids is 1. The number of hydrogen-bond acceptors (Lipinski definition) is 4. The van der Waals surface area contributed by atoms with E-state index in [2.05, 4.69) is 5.32 Å². The van der Waals surface area contributed by atoms with Crippen LogP contribution in [0.5, 0.6) is 0 Å². The first kappa shape index (κ1) is 17.2. The van der Waals surface area contributed by atoms with Crippen LogP contribution in [-0.2, 0) is 14.8 Å². The van der Waals surface area contributed by atoms with Crippen molar-refractivity contribution in [2.24, 2.45) is 0 Å². The molecule has 1 saturated carbocycles. The lowest BCUT2D eigenvalue weighted by atomic mass is 9.97. The molecule has 3 N–H and O–H groups in total. The summed E-state index contributed by atoms with van der Waals surface area (Å²) in [5, 5.41) is 11.8. The Hall–Kier alpha value is -2.16. The van der Waals surface area contributed by atoms with Gasteiger partial charge in [0.2, 0.25) is 10.0 Å². The van der Waals surface area contributed by atoms with Crippen LogP contribution in [0.2, 0.25) is 0 Å². The van der Waals surface area contributed by atoms with Crippen LogP contribution in [0.1, 0.15) is 36.0 Å². The van der Waals surface area contributed by atoms with Crippen molar-refractivity contribution in [2.45, 2.75) is 31.2 Å². The molecule has 0 heterocycles. The van der Waals surface area contributed by atoms with Gasteiger partial charge < -0.3 is 10.4 Å². The van der Waals surface area contributed by atoms with Crippen molar-refractivity contribution in [1.82, 2.24) is 5.32 Å². The van der Waals surface area contributed by atoms with E-state index in [-0.39, 0.29) is 11.3 Å². The minimum Gasteiger partial charge on any atom is -0.480 e. The number of carbonyl (C=O) groups is 2. The van der Waals surface area contributed by atoms with Crippen molar-refractivity contribution in [2.75, 3.05) is 11.0 Å². The topological polar surface area (TPSA) is 113 Å². The number of carboxylic acid groups (broad SMARTS) is 1. The Morgan fingerprint density at radius 3 is 2.39 bits per heavy atom. The van der Waals surface area contributed by atoms with E-state index in [1.807, 2.05) is 4.72 Å². The Morgan fingerprint density at radius 2 is 1.87 bits per heavy atom. The number of halogens is 1. The summed E-state index contributed by atoms with van der Waals surface area (Å²) in [4.78, 5) is 23.7. The lowest BCUT2D eigenvalue weighted by Gasteiger charge is -2.25. The highest BCUT2D eigenvalue weighted by atomic mass is 32.2. The van der Waals surface area contributed by atoms with Crippen LogP contribution in [0.15, 0.2) is 18.2 Å². The number of amides is 1. The SMILES string of the molecule is CS(=O)(=O)Nc1cc(C(=O)NC2(C(=O)O)CCCC2)ccc1F. The molecule has 23 heavy (non-hydrogen) atoms. The van der Waals surface area contributed by atoms with Crippen LogP contribution in [-0.4, -0.2) is 37.2 Å². The van der Waals surface area contributed by atoms with Gasteiger partial charge in [-0.15, -0.1) is 0 Å². The molecule has 1 fully saturated rings. The number of aliphatic carboxylic acids is 1. The molecule has 0 spiro atoms. The van der Waals surface area contributed by atoms with Gasteiger partial charge in [0.25, 0.3) is 5.91 Å². The number of sulfonamides is 1. The van der Waals surface area contributed by atoms with Gasteiger partial charge in [0.15, 0.2) is 0 Å². The van der Waals surface area contributed by atoms with Gasteiger partial charge in [-0.05, 0) is 31.0 Å². The highest BCUT2D eigenvalue weighted by Gasteiger charge is 2.42. The van der Waals surface area contributed by atoms with Crippen molar-refractivity contribution in [3.8, 4) is 0 Å². The second-order valence-corrected chi connectivity index (χ2v) is 7.37. The average molecular weight is 344 g/mol. The molecular formula is C14H17FN2O5S. The Morgan fingerprint density at radius 1 is 1.26 bits per heavy atom. The number of benzene rings is 1. The molecule has 2 rings (SSSR count). The van der Waals surface area contributed by atoms with E-state index in [1.54, 1.807) is 0 Å². The molecule has 0 aliphatic heterocycles. The number of rotatable bonds is 5. The Kier molecular flexibility index (Phi) is 4.60. The zero-order valence-corrected chi connectivity index (χ0v) is 13.2. The second-order valence-electron chi connectivity index (χ2n) is 5.62. The van der Waals surface area contributed by atoms with Crippen LogP contribution in [0.3, 0.4) is 0 Å². The zero-order valence-electron chi connectivity index (χ0n) is 12.4.